The fraction of sp³-hybridized carbons (Fsp3) is 1.00. The lowest BCUT2D eigenvalue weighted by Gasteiger charge is -2.35. The fourth-order valence-electron chi connectivity index (χ4n) is 3.69. The first kappa shape index (κ1) is 27.4. The van der Waals surface area contributed by atoms with Gasteiger partial charge in [0, 0.05) is 13.0 Å². The highest BCUT2D eigenvalue weighted by molar-refractivity contribution is 4.50. The molecule has 0 amide bonds. The van der Waals surface area contributed by atoms with E-state index in [2.05, 4.69) is 20.9 Å². The molecule has 0 aliphatic carbocycles. The third kappa shape index (κ3) is 18.8. The Labute approximate surface area is 165 Å². The molecule has 0 fully saturated rings. The molecule has 3 heteroatoms. The van der Waals surface area contributed by atoms with Crippen molar-refractivity contribution in [2.24, 2.45) is 0 Å². The van der Waals surface area contributed by atoms with Gasteiger partial charge in [-0.1, -0.05) is 78.1 Å². The van der Waals surface area contributed by atoms with E-state index < -0.39 is 0 Å². The fourth-order valence-corrected chi connectivity index (χ4v) is 3.69. The third-order valence-corrected chi connectivity index (χ3v) is 5.46. The van der Waals surface area contributed by atoms with Crippen LogP contribution in [0, 0.1) is 0 Å². The van der Waals surface area contributed by atoms with Crippen LogP contribution in [-0.2, 0) is 0 Å². The van der Waals surface area contributed by atoms with Crippen LogP contribution in [0.15, 0.2) is 0 Å². The Bertz CT molecular complexity index is 230. The van der Waals surface area contributed by atoms with Crippen molar-refractivity contribution < 1.29 is 22.0 Å². The molecule has 0 aliphatic rings. The first-order valence-corrected chi connectivity index (χ1v) is 11.1. The molecule has 0 heterocycles. The van der Waals surface area contributed by atoms with Crippen LogP contribution in [0.4, 0.5) is 0 Å². The van der Waals surface area contributed by atoms with Crippen LogP contribution in [0.1, 0.15) is 110 Å². The average Bonchev–Trinajstić information content (AvgIpc) is 2.58. The Balaban J connectivity index is 0. The Morgan fingerprint density at radius 1 is 0.520 bits per heavy atom. The lowest BCUT2D eigenvalue weighted by atomic mass is 10.1. The number of aliphatic hydroxyl groups excluding tert-OH is 1. The van der Waals surface area contributed by atoms with Crippen LogP contribution in [0.2, 0.25) is 0 Å². The Kier molecular flexibility index (Phi) is 22.5. The van der Waals surface area contributed by atoms with E-state index in [1.54, 1.807) is 0 Å². The molecule has 0 aromatic heterocycles. The van der Waals surface area contributed by atoms with Crippen molar-refractivity contribution in [1.29, 1.82) is 0 Å². The van der Waals surface area contributed by atoms with Gasteiger partial charge in [-0.25, -0.2) is 0 Å². The van der Waals surface area contributed by atoms with Crippen molar-refractivity contribution in [2.75, 3.05) is 33.3 Å². The summed E-state index contributed by atoms with van der Waals surface area (Å²) in [6.45, 7) is 8.69. The largest absolute Gasteiger partial charge is 1.00 e. The van der Waals surface area contributed by atoms with Crippen molar-refractivity contribution >= 4 is 0 Å². The van der Waals surface area contributed by atoms with Gasteiger partial charge in [0.1, 0.15) is 0 Å². The summed E-state index contributed by atoms with van der Waals surface area (Å²) in [5, 5.41) is 9.20. The minimum absolute atomic E-state index is 0. The maximum Gasteiger partial charge on any atom is 0.0806 e. The van der Waals surface area contributed by atoms with Crippen molar-refractivity contribution in [3.63, 3.8) is 0 Å². The molecule has 0 aliphatic heterocycles. The molecule has 25 heavy (non-hydrogen) atoms. The zero-order valence-corrected chi connectivity index (χ0v) is 18.5. The second-order valence-corrected chi connectivity index (χ2v) is 8.11. The monoisotopic (exact) mass is 377 g/mol. The minimum Gasteiger partial charge on any atom is -1.00 e. The quantitative estimate of drug-likeness (QED) is 0.270. The number of unbranched alkanes of at least 4 members (excludes halogenated alkanes) is 12. The van der Waals surface area contributed by atoms with Crippen molar-refractivity contribution in [3.8, 4) is 0 Å². The van der Waals surface area contributed by atoms with E-state index in [0.29, 0.717) is 6.61 Å². The number of aliphatic hydroxyl groups is 1. The van der Waals surface area contributed by atoms with E-state index >= 15 is 0 Å². The number of rotatable bonds is 19. The zero-order valence-electron chi connectivity index (χ0n) is 17.7. The van der Waals surface area contributed by atoms with Crippen LogP contribution in [0.25, 0.3) is 0 Å². The van der Waals surface area contributed by atoms with Crippen LogP contribution in [-0.4, -0.2) is 42.9 Å². The summed E-state index contributed by atoms with van der Waals surface area (Å²) in [7, 11) is 2.42. The van der Waals surface area contributed by atoms with Gasteiger partial charge in [0.05, 0.1) is 26.7 Å². The van der Waals surface area contributed by atoms with Gasteiger partial charge in [0.25, 0.3) is 0 Å². The molecule has 0 aromatic carbocycles. The Hall–Kier alpha value is 0.210. The van der Waals surface area contributed by atoms with Gasteiger partial charge in [-0.15, -0.1) is 0 Å². The summed E-state index contributed by atoms with van der Waals surface area (Å²) in [5.41, 5.74) is 0. The van der Waals surface area contributed by atoms with E-state index in [4.69, 9.17) is 0 Å². The summed E-state index contributed by atoms with van der Waals surface area (Å²) in [5.74, 6) is 0. The SMILES string of the molecule is CCCCCCCCC[N+](C)(CCCO)CCCCCCCCC.[Cl-]. The zero-order chi connectivity index (χ0) is 17.9. The van der Waals surface area contributed by atoms with E-state index in [0.717, 1.165) is 13.0 Å². The molecule has 2 nitrogen and oxygen atoms in total. The van der Waals surface area contributed by atoms with Gasteiger partial charge in [-0.3, -0.25) is 0 Å². The predicted octanol–water partition coefficient (Wildman–Crippen LogP) is 3.32. The Morgan fingerprint density at radius 3 is 1.20 bits per heavy atom. The van der Waals surface area contributed by atoms with Gasteiger partial charge in [-0.05, 0) is 25.7 Å². The molecule has 0 unspecified atom stereocenters. The number of hydrogen-bond acceptors (Lipinski definition) is 1. The van der Waals surface area contributed by atoms with Crippen LogP contribution < -0.4 is 12.4 Å². The number of hydrogen-bond donors (Lipinski definition) is 1. The van der Waals surface area contributed by atoms with Crippen LogP contribution in [0.3, 0.4) is 0 Å². The predicted molar refractivity (Wildman–Crippen MR) is 108 cm³/mol. The van der Waals surface area contributed by atoms with E-state index in [9.17, 15) is 5.11 Å². The molecule has 0 aromatic rings. The van der Waals surface area contributed by atoms with Crippen molar-refractivity contribution in [1.82, 2.24) is 0 Å². The van der Waals surface area contributed by atoms with Gasteiger partial charge < -0.3 is 22.0 Å². The highest BCUT2D eigenvalue weighted by atomic mass is 35.5. The lowest BCUT2D eigenvalue weighted by molar-refractivity contribution is -0.910. The maximum atomic E-state index is 9.20. The molecule has 0 saturated carbocycles. The van der Waals surface area contributed by atoms with Crippen LogP contribution in [0.5, 0.6) is 0 Å². The molecule has 0 rings (SSSR count). The second kappa shape index (κ2) is 20.5. The highest BCUT2D eigenvalue weighted by Crippen LogP contribution is 2.14. The summed E-state index contributed by atoms with van der Waals surface area (Å²) in [6.07, 6.45) is 20.5. The Morgan fingerprint density at radius 2 is 0.840 bits per heavy atom. The first-order valence-electron chi connectivity index (χ1n) is 11.1. The van der Waals surface area contributed by atoms with E-state index in [1.165, 1.54) is 107 Å². The molecule has 0 radical (unpaired) electrons. The highest BCUT2D eigenvalue weighted by Gasteiger charge is 2.19. The number of halogens is 1. The van der Waals surface area contributed by atoms with Gasteiger partial charge in [0.2, 0.25) is 0 Å². The molecule has 0 bridgehead atoms. The molecule has 154 valence electrons. The summed E-state index contributed by atoms with van der Waals surface area (Å²) < 4.78 is 1.18. The summed E-state index contributed by atoms with van der Waals surface area (Å²) >= 11 is 0. The molecule has 0 atom stereocenters. The average molecular weight is 378 g/mol. The maximum absolute atomic E-state index is 9.20. The molecular weight excluding hydrogens is 330 g/mol. The van der Waals surface area contributed by atoms with Crippen molar-refractivity contribution in [3.05, 3.63) is 0 Å². The molecule has 0 spiro atoms. The second-order valence-electron chi connectivity index (χ2n) is 8.11. The minimum atomic E-state index is 0. The standard InChI is InChI=1S/C22H48NO.ClH/c1-4-6-8-10-12-14-16-19-23(3,21-18-22-24)20-17-15-13-11-9-7-5-2;/h24H,4-22H2,1-3H3;1H/q+1;/p-1. The van der Waals surface area contributed by atoms with Crippen LogP contribution >= 0.6 is 0 Å². The topological polar surface area (TPSA) is 20.2 Å². The molecule has 0 saturated heterocycles. The smallest absolute Gasteiger partial charge is 0.0806 e. The van der Waals surface area contributed by atoms with E-state index in [1.807, 2.05) is 0 Å². The van der Waals surface area contributed by atoms with Gasteiger partial charge in [0.15, 0.2) is 0 Å². The lowest BCUT2D eigenvalue weighted by Crippen LogP contribution is -3.00. The summed E-state index contributed by atoms with van der Waals surface area (Å²) in [6, 6.07) is 0. The molecule has 1 N–H and O–H groups in total. The first-order chi connectivity index (χ1) is 11.7. The normalized spacial score (nSPS) is 11.5. The summed E-state index contributed by atoms with van der Waals surface area (Å²) in [4.78, 5) is 0. The number of quaternary nitrogens is 1. The number of nitrogens with zero attached hydrogens (tertiary/aromatic N) is 1. The third-order valence-electron chi connectivity index (χ3n) is 5.46. The van der Waals surface area contributed by atoms with Crippen molar-refractivity contribution in [2.45, 2.75) is 110 Å². The van der Waals surface area contributed by atoms with E-state index in [-0.39, 0.29) is 12.4 Å². The van der Waals surface area contributed by atoms with Gasteiger partial charge >= 0.3 is 0 Å². The molecular formula is C22H48ClNO. The van der Waals surface area contributed by atoms with Gasteiger partial charge in [-0.2, -0.15) is 0 Å².